The molecule has 0 radical (unpaired) electrons. The average molecular weight is 122 g/mol. The molecule has 0 amide bonds. The van der Waals surface area contributed by atoms with E-state index in [0.717, 1.165) is 0 Å². The zero-order chi connectivity index (χ0) is 5.49. The van der Waals surface area contributed by atoms with Crippen LogP contribution in [0.3, 0.4) is 0 Å². The maximum atomic E-state index is 9.87. The Morgan fingerprint density at radius 3 is 1.86 bits per heavy atom. The molecule has 1 rings (SSSR count). The molecule has 0 aromatic rings. The molecule has 0 spiro atoms. The van der Waals surface area contributed by atoms with Crippen LogP contribution in [0.15, 0.2) is 0 Å². The molecule has 2 N–H and O–H groups in total. The first-order valence-electron chi connectivity index (χ1n) is 1.39. The molecule has 0 aromatic carbocycles. The Balaban J connectivity index is 2.79. The molecule has 0 unspecified atom stereocenters. The van der Waals surface area contributed by atoms with Crippen molar-refractivity contribution in [3.8, 4) is 0 Å². The van der Waals surface area contributed by atoms with E-state index in [1.807, 2.05) is 0 Å². The summed E-state index contributed by atoms with van der Waals surface area (Å²) < 4.78 is 19.7. The first kappa shape index (κ1) is 4.31. The molecule has 1 aliphatic rings. The Morgan fingerprint density at radius 2 is 1.86 bits per heavy atom. The van der Waals surface area contributed by atoms with Crippen LogP contribution in [-0.2, 0) is 10.2 Å². The van der Waals surface area contributed by atoms with Crippen molar-refractivity contribution in [2.75, 3.05) is 0 Å². The smallest absolute Gasteiger partial charge is 0.203 e. The van der Waals surface area contributed by atoms with Crippen LogP contribution in [0.4, 0.5) is 0 Å². The molecule has 0 atom stereocenters. The summed E-state index contributed by atoms with van der Waals surface area (Å²) in [5.74, 6) is 0. The highest BCUT2D eigenvalue weighted by Crippen LogP contribution is 1.83. The van der Waals surface area contributed by atoms with Crippen LogP contribution in [-0.4, -0.2) is 13.3 Å². The van der Waals surface area contributed by atoms with Gasteiger partial charge in [0.05, 0.1) is 0 Å². The number of nitrogens with zero attached hydrogens (tertiary/aromatic N) is 2. The lowest BCUT2D eigenvalue weighted by Gasteiger charge is -2.16. The van der Waals surface area contributed by atoms with Crippen molar-refractivity contribution in [1.29, 1.82) is 0 Å². The van der Waals surface area contributed by atoms with Crippen molar-refractivity contribution in [3.63, 3.8) is 0 Å². The van der Waals surface area contributed by atoms with Crippen molar-refractivity contribution in [2.45, 2.75) is 0 Å². The second-order valence-corrected chi connectivity index (χ2v) is 2.37. The third kappa shape index (κ3) is 0.610. The quantitative estimate of drug-likeness (QED) is 0.375. The maximum absolute atomic E-state index is 9.87. The van der Waals surface area contributed by atoms with E-state index in [4.69, 9.17) is 5.53 Å². The van der Waals surface area contributed by atoms with Crippen LogP contribution >= 0.6 is 0 Å². The number of hydrogen-bond acceptors (Lipinski definition) is 2. The molecular formula is H2N4O2S. The Morgan fingerprint density at radius 1 is 1.43 bits per heavy atom. The zero-order valence-corrected chi connectivity index (χ0v) is 3.94. The summed E-state index contributed by atoms with van der Waals surface area (Å²) in [6, 6.07) is 0. The SMILES string of the molecule is [N-]=[N+]1NS(=O)(=O)N1. The lowest BCUT2D eigenvalue weighted by molar-refractivity contribution is -0.649. The summed E-state index contributed by atoms with van der Waals surface area (Å²) in [6.07, 6.45) is 0. The van der Waals surface area contributed by atoms with Crippen LogP contribution < -0.4 is 9.66 Å². The minimum absolute atomic E-state index is 0.245. The largest absolute Gasteiger partial charge is 0.325 e. The van der Waals surface area contributed by atoms with Gasteiger partial charge < -0.3 is 0 Å². The Kier molecular flexibility index (Phi) is 0.530. The zero-order valence-electron chi connectivity index (χ0n) is 3.12. The molecule has 0 bridgehead atoms. The molecule has 7 heteroatoms. The topological polar surface area (TPSA) is 83.5 Å². The number of hydrazine groups is 2. The Bertz CT molecular complexity index is 174. The molecule has 0 aromatic heterocycles. The third-order valence-electron chi connectivity index (χ3n) is 0.413. The summed E-state index contributed by atoms with van der Waals surface area (Å²) in [5, 5.41) is 0. The summed E-state index contributed by atoms with van der Waals surface area (Å²) in [5.41, 5.74) is 8.02. The normalized spacial score (nSPS) is 24.3. The Labute approximate surface area is 39.8 Å². The Hall–Kier alpha value is -0.850. The molecule has 40 valence electrons. The van der Waals surface area contributed by atoms with Gasteiger partial charge in [0.25, 0.3) is 0 Å². The van der Waals surface area contributed by atoms with Gasteiger partial charge in [-0.3, -0.25) is 0 Å². The minimum Gasteiger partial charge on any atom is -0.203 e. The van der Waals surface area contributed by atoms with Crippen molar-refractivity contribution in [1.82, 2.24) is 9.66 Å². The van der Waals surface area contributed by atoms with Crippen LogP contribution in [0.5, 0.6) is 0 Å². The van der Waals surface area contributed by atoms with E-state index in [9.17, 15) is 8.42 Å². The third-order valence-corrected chi connectivity index (χ3v) is 1.24. The highest BCUT2D eigenvalue weighted by Gasteiger charge is 2.23. The first-order chi connectivity index (χ1) is 3.10. The van der Waals surface area contributed by atoms with Crippen LogP contribution in [0.2, 0.25) is 0 Å². The second kappa shape index (κ2) is 0.861. The molecule has 1 fully saturated rings. The summed E-state index contributed by atoms with van der Waals surface area (Å²) in [4.78, 5) is 3.51. The fraction of sp³-hybridized carbons (Fsp3) is 0. The van der Waals surface area contributed by atoms with E-state index < -0.39 is 10.2 Å². The fourth-order valence-corrected chi connectivity index (χ4v) is 0.683. The van der Waals surface area contributed by atoms with E-state index >= 15 is 0 Å². The van der Waals surface area contributed by atoms with Crippen molar-refractivity contribution < 1.29 is 13.3 Å². The van der Waals surface area contributed by atoms with Gasteiger partial charge in [0.15, 0.2) is 0 Å². The molecule has 0 saturated carbocycles. The molecular weight excluding hydrogens is 120 g/mol. The van der Waals surface area contributed by atoms with Crippen LogP contribution in [0, 0.1) is 0 Å². The van der Waals surface area contributed by atoms with Crippen LogP contribution in [0.1, 0.15) is 0 Å². The fourth-order valence-electron chi connectivity index (χ4n) is 0.228. The van der Waals surface area contributed by atoms with Gasteiger partial charge in [0.2, 0.25) is 0 Å². The van der Waals surface area contributed by atoms with Gasteiger partial charge in [-0.1, -0.05) is 0 Å². The molecule has 1 heterocycles. The van der Waals surface area contributed by atoms with Gasteiger partial charge in [0.1, 0.15) is 0 Å². The highest BCUT2D eigenvalue weighted by atomic mass is 32.2. The second-order valence-electron chi connectivity index (χ2n) is 0.998. The molecule has 0 aliphatic carbocycles. The van der Waals surface area contributed by atoms with Gasteiger partial charge >= 0.3 is 10.2 Å². The lowest BCUT2D eigenvalue weighted by atomic mass is 12.4. The maximum Gasteiger partial charge on any atom is 0.325 e. The summed E-state index contributed by atoms with van der Waals surface area (Å²) in [7, 11) is -3.35. The average Bonchev–Trinajstić information content (AvgIpc) is 1.27. The predicted octanol–water partition coefficient (Wildman–Crippen LogP) is -1.71. The van der Waals surface area contributed by atoms with E-state index in [1.54, 1.807) is 9.66 Å². The number of hydrogen-bond donors (Lipinski definition) is 2. The highest BCUT2D eigenvalue weighted by molar-refractivity contribution is 7.87. The number of rotatable bonds is 0. The van der Waals surface area contributed by atoms with E-state index in [1.165, 1.54) is 0 Å². The van der Waals surface area contributed by atoms with Crippen molar-refractivity contribution in [3.05, 3.63) is 5.53 Å². The van der Waals surface area contributed by atoms with Gasteiger partial charge in [0, 0.05) is 0 Å². The van der Waals surface area contributed by atoms with Crippen LogP contribution in [0.25, 0.3) is 5.53 Å². The van der Waals surface area contributed by atoms with E-state index in [-0.39, 0.29) is 4.92 Å². The first-order valence-corrected chi connectivity index (χ1v) is 2.87. The summed E-state index contributed by atoms with van der Waals surface area (Å²) >= 11 is 0. The van der Waals surface area contributed by atoms with Gasteiger partial charge in [-0.05, 0) is 10.4 Å². The molecule has 6 nitrogen and oxygen atoms in total. The molecule has 7 heavy (non-hydrogen) atoms. The summed E-state index contributed by atoms with van der Waals surface area (Å²) in [6.45, 7) is 0. The van der Waals surface area contributed by atoms with Gasteiger partial charge in [-0.15, -0.1) is 9.66 Å². The molecule has 1 saturated heterocycles. The molecule has 1 aliphatic heterocycles. The van der Waals surface area contributed by atoms with Gasteiger partial charge in [-0.2, -0.15) is 0 Å². The van der Waals surface area contributed by atoms with Gasteiger partial charge in [-0.25, -0.2) is 8.42 Å². The monoisotopic (exact) mass is 122 g/mol. The van der Waals surface area contributed by atoms with E-state index in [0.29, 0.717) is 0 Å². The van der Waals surface area contributed by atoms with Crippen molar-refractivity contribution in [2.24, 2.45) is 0 Å². The number of nitrogens with one attached hydrogen (secondary N) is 2. The standard InChI is InChI=1S/H2N4O2S/c1-4-2-7(5,6)3-4/h2-3H. The minimum atomic E-state index is -3.35. The lowest BCUT2D eigenvalue weighted by Crippen LogP contribution is -2.60. The van der Waals surface area contributed by atoms with Crippen molar-refractivity contribution >= 4 is 10.2 Å². The predicted molar refractivity (Wildman–Crippen MR) is 18.8 cm³/mol. The van der Waals surface area contributed by atoms with E-state index in [2.05, 4.69) is 0 Å².